The number of fused-ring (bicyclic) bond motifs is 1. The number of rotatable bonds is 7. The molecule has 154 valence electrons. The molecule has 28 heavy (non-hydrogen) atoms. The van der Waals surface area contributed by atoms with E-state index in [9.17, 15) is 27.6 Å². The standard InChI is InChI=1S/C16H19F3N4O4S/c1-8(2)23-13(26)12-9(3)10(6-20-21-7-11(24)25)28-14(12)22(15(23)27)5-4-16(17,18)19/h7-8,20H,4-6H2,1-3H3,(H,24,25)/b21-7+. The van der Waals surface area contributed by atoms with Crippen LogP contribution in [0.15, 0.2) is 14.7 Å². The van der Waals surface area contributed by atoms with Crippen LogP contribution < -0.4 is 16.7 Å². The van der Waals surface area contributed by atoms with E-state index in [0.717, 1.165) is 20.5 Å². The largest absolute Gasteiger partial charge is 0.477 e. The molecule has 0 aromatic carbocycles. The van der Waals surface area contributed by atoms with Gasteiger partial charge in [-0.3, -0.25) is 13.9 Å². The average molecular weight is 420 g/mol. The minimum atomic E-state index is -4.45. The van der Waals surface area contributed by atoms with Crippen LogP contribution in [-0.2, 0) is 17.9 Å². The molecule has 2 heterocycles. The summed E-state index contributed by atoms with van der Waals surface area (Å²) in [6.07, 6.45) is -5.01. The van der Waals surface area contributed by atoms with E-state index < -0.39 is 42.4 Å². The number of aliphatic carboxylic acids is 1. The zero-order valence-electron chi connectivity index (χ0n) is 15.3. The van der Waals surface area contributed by atoms with E-state index in [1.807, 2.05) is 0 Å². The third kappa shape index (κ3) is 4.61. The molecule has 0 atom stereocenters. The van der Waals surface area contributed by atoms with Gasteiger partial charge < -0.3 is 10.5 Å². The van der Waals surface area contributed by atoms with Gasteiger partial charge in [0.25, 0.3) is 5.56 Å². The molecule has 0 saturated heterocycles. The number of carboxylic acids is 1. The first-order valence-electron chi connectivity index (χ1n) is 8.27. The van der Waals surface area contributed by atoms with Crippen LogP contribution in [0.1, 0.15) is 36.8 Å². The van der Waals surface area contributed by atoms with Crippen molar-refractivity contribution in [2.45, 2.75) is 52.5 Å². The Hall–Kier alpha value is -2.63. The third-order valence-electron chi connectivity index (χ3n) is 3.98. The Kier molecular flexibility index (Phi) is 6.32. The van der Waals surface area contributed by atoms with Crippen molar-refractivity contribution in [3.63, 3.8) is 0 Å². The fourth-order valence-electron chi connectivity index (χ4n) is 2.69. The molecule has 0 aliphatic rings. The minimum Gasteiger partial charge on any atom is -0.477 e. The van der Waals surface area contributed by atoms with Gasteiger partial charge in [-0.1, -0.05) is 0 Å². The van der Waals surface area contributed by atoms with Crippen LogP contribution in [0.25, 0.3) is 10.2 Å². The number of hydrogen-bond donors (Lipinski definition) is 2. The lowest BCUT2D eigenvalue weighted by molar-refractivity contribution is -0.136. The van der Waals surface area contributed by atoms with Crippen molar-refractivity contribution in [3.05, 3.63) is 31.3 Å². The summed E-state index contributed by atoms with van der Waals surface area (Å²) in [7, 11) is 0. The van der Waals surface area contributed by atoms with Crippen LogP contribution in [-0.4, -0.2) is 32.6 Å². The van der Waals surface area contributed by atoms with Gasteiger partial charge in [0.2, 0.25) is 0 Å². The maximum absolute atomic E-state index is 12.8. The number of aryl methyl sites for hydroxylation is 2. The molecule has 2 aromatic rings. The van der Waals surface area contributed by atoms with Gasteiger partial charge in [0.15, 0.2) is 0 Å². The Morgan fingerprint density at radius 3 is 2.54 bits per heavy atom. The van der Waals surface area contributed by atoms with Crippen molar-refractivity contribution >= 4 is 33.7 Å². The molecule has 0 amide bonds. The second kappa shape index (κ2) is 8.17. The average Bonchev–Trinajstić information content (AvgIpc) is 2.86. The molecular formula is C16H19F3N4O4S. The molecule has 0 spiro atoms. The second-order valence-corrected chi connectivity index (χ2v) is 7.41. The lowest BCUT2D eigenvalue weighted by Crippen LogP contribution is -2.41. The normalized spacial score (nSPS) is 12.4. The lowest BCUT2D eigenvalue weighted by atomic mass is 10.2. The molecule has 2 rings (SSSR count). The molecule has 0 aliphatic heterocycles. The van der Waals surface area contributed by atoms with Crippen molar-refractivity contribution in [1.82, 2.24) is 14.6 Å². The lowest BCUT2D eigenvalue weighted by Gasteiger charge is -2.15. The zero-order chi connectivity index (χ0) is 21.2. The van der Waals surface area contributed by atoms with Crippen LogP contribution in [0, 0.1) is 6.92 Å². The van der Waals surface area contributed by atoms with Gasteiger partial charge in [0.1, 0.15) is 11.0 Å². The molecule has 12 heteroatoms. The predicted octanol–water partition coefficient (Wildman–Crippen LogP) is 2.23. The summed E-state index contributed by atoms with van der Waals surface area (Å²) >= 11 is 1.01. The maximum atomic E-state index is 12.8. The number of nitrogens with zero attached hydrogens (tertiary/aromatic N) is 3. The number of hydrazone groups is 1. The van der Waals surface area contributed by atoms with Crippen LogP contribution >= 0.6 is 11.3 Å². The number of halogens is 3. The van der Waals surface area contributed by atoms with Gasteiger partial charge in [-0.25, -0.2) is 9.59 Å². The number of carbonyl (C=O) groups is 1. The van der Waals surface area contributed by atoms with E-state index in [0.29, 0.717) is 16.7 Å². The van der Waals surface area contributed by atoms with Crippen molar-refractivity contribution < 1.29 is 23.1 Å². The van der Waals surface area contributed by atoms with E-state index in [1.165, 1.54) is 0 Å². The molecule has 0 radical (unpaired) electrons. The van der Waals surface area contributed by atoms with E-state index in [4.69, 9.17) is 5.11 Å². The Morgan fingerprint density at radius 2 is 2.00 bits per heavy atom. The summed E-state index contributed by atoms with van der Waals surface area (Å²) in [5.74, 6) is -1.25. The van der Waals surface area contributed by atoms with Gasteiger partial charge in [0.05, 0.1) is 18.4 Å². The molecule has 8 nitrogen and oxygen atoms in total. The number of carboxylic acid groups (broad SMARTS) is 1. The first-order chi connectivity index (χ1) is 12.9. The van der Waals surface area contributed by atoms with Crippen molar-refractivity contribution in [1.29, 1.82) is 0 Å². The van der Waals surface area contributed by atoms with Gasteiger partial charge >= 0.3 is 17.8 Å². The summed E-state index contributed by atoms with van der Waals surface area (Å²) in [5.41, 5.74) is 1.66. The monoisotopic (exact) mass is 420 g/mol. The molecule has 0 fully saturated rings. The highest BCUT2D eigenvalue weighted by Crippen LogP contribution is 2.29. The maximum Gasteiger partial charge on any atom is 0.390 e. The first kappa shape index (κ1) is 21.7. The Balaban J connectivity index is 2.62. The number of nitrogens with one attached hydrogen (secondary N) is 1. The summed E-state index contributed by atoms with van der Waals surface area (Å²) in [6, 6.07) is -0.525. The highest BCUT2D eigenvalue weighted by Gasteiger charge is 2.29. The quantitative estimate of drug-likeness (QED) is 0.528. The summed E-state index contributed by atoms with van der Waals surface area (Å²) in [6.45, 7) is 4.29. The van der Waals surface area contributed by atoms with Crippen molar-refractivity contribution in [2.24, 2.45) is 5.10 Å². The minimum absolute atomic E-state index is 0.0591. The van der Waals surface area contributed by atoms with Crippen LogP contribution in [0.5, 0.6) is 0 Å². The van der Waals surface area contributed by atoms with E-state index in [1.54, 1.807) is 20.8 Å². The Labute approximate surface area is 160 Å². The van der Waals surface area contributed by atoms with Crippen molar-refractivity contribution in [2.75, 3.05) is 0 Å². The third-order valence-corrected chi connectivity index (χ3v) is 5.30. The fourth-order valence-corrected chi connectivity index (χ4v) is 3.94. The molecule has 0 aliphatic carbocycles. The molecule has 2 aromatic heterocycles. The first-order valence-corrected chi connectivity index (χ1v) is 9.08. The summed E-state index contributed by atoms with van der Waals surface area (Å²) < 4.78 is 40.1. The highest BCUT2D eigenvalue weighted by molar-refractivity contribution is 7.18. The van der Waals surface area contributed by atoms with Crippen LogP contribution in [0.2, 0.25) is 0 Å². The molecule has 0 unspecified atom stereocenters. The predicted molar refractivity (Wildman–Crippen MR) is 99.1 cm³/mol. The number of thiophene rings is 1. The second-order valence-electron chi connectivity index (χ2n) is 6.33. The topological polar surface area (TPSA) is 106 Å². The smallest absolute Gasteiger partial charge is 0.390 e. The zero-order valence-corrected chi connectivity index (χ0v) is 16.1. The van der Waals surface area contributed by atoms with Gasteiger partial charge in [-0.2, -0.15) is 18.3 Å². The van der Waals surface area contributed by atoms with E-state index >= 15 is 0 Å². The highest BCUT2D eigenvalue weighted by atomic mass is 32.1. The van der Waals surface area contributed by atoms with Gasteiger partial charge in [-0.05, 0) is 26.3 Å². The Bertz CT molecular complexity index is 1030. The van der Waals surface area contributed by atoms with Crippen LogP contribution in [0.3, 0.4) is 0 Å². The van der Waals surface area contributed by atoms with Gasteiger partial charge in [-0.15, -0.1) is 11.3 Å². The molecule has 0 bridgehead atoms. The SMILES string of the molecule is Cc1c(CN/N=C/C(=O)O)sc2c1c(=O)n(C(C)C)c(=O)n2CCC(F)(F)F. The Morgan fingerprint density at radius 1 is 1.36 bits per heavy atom. The summed E-state index contributed by atoms with van der Waals surface area (Å²) in [5, 5.41) is 12.2. The van der Waals surface area contributed by atoms with Crippen LogP contribution in [0.4, 0.5) is 13.2 Å². The fraction of sp³-hybridized carbons (Fsp3) is 0.500. The number of aromatic nitrogens is 2. The van der Waals surface area contributed by atoms with E-state index in [-0.39, 0.29) is 16.8 Å². The summed E-state index contributed by atoms with van der Waals surface area (Å²) in [4.78, 5) is 36.6. The molecule has 0 saturated carbocycles. The molecule has 2 N–H and O–H groups in total. The number of hydrogen-bond acceptors (Lipinski definition) is 6. The van der Waals surface area contributed by atoms with Gasteiger partial charge in [0, 0.05) is 17.5 Å². The van der Waals surface area contributed by atoms with E-state index in [2.05, 4.69) is 10.5 Å². The van der Waals surface area contributed by atoms with Crippen molar-refractivity contribution in [3.8, 4) is 0 Å². The number of alkyl halides is 3. The molecular weight excluding hydrogens is 401 g/mol.